The summed E-state index contributed by atoms with van der Waals surface area (Å²) in [6.45, 7) is 4.44. The molecule has 1 saturated heterocycles. The minimum Gasteiger partial charge on any atom is -0.334 e. The standard InChI is InChI=1S/C21H25FN4O2/c1-16-4-2-5-19(14-16)24-21(28)26-11-3-10-25(12-13-26)20(27)23-15-17-6-8-18(22)9-7-17/h2,4-9,14H,3,10-13,15H2,1H3,(H,23,27)(H,24,28). The second-order valence-corrected chi connectivity index (χ2v) is 6.91. The fourth-order valence-corrected chi connectivity index (χ4v) is 3.14. The van der Waals surface area contributed by atoms with Gasteiger partial charge in [-0.25, -0.2) is 14.0 Å². The van der Waals surface area contributed by atoms with Crippen molar-refractivity contribution in [1.29, 1.82) is 0 Å². The lowest BCUT2D eigenvalue weighted by Gasteiger charge is -2.23. The number of carbonyl (C=O) groups is 2. The van der Waals surface area contributed by atoms with Crippen LogP contribution in [0, 0.1) is 12.7 Å². The van der Waals surface area contributed by atoms with Crippen LogP contribution in [0.15, 0.2) is 48.5 Å². The number of halogens is 1. The van der Waals surface area contributed by atoms with Crippen molar-refractivity contribution in [2.75, 3.05) is 31.5 Å². The average molecular weight is 384 g/mol. The zero-order valence-corrected chi connectivity index (χ0v) is 16.0. The first-order chi connectivity index (χ1) is 13.5. The summed E-state index contributed by atoms with van der Waals surface area (Å²) in [5.74, 6) is -0.299. The van der Waals surface area contributed by atoms with E-state index in [0.717, 1.165) is 16.8 Å². The Morgan fingerprint density at radius 3 is 2.32 bits per heavy atom. The Morgan fingerprint density at radius 2 is 1.64 bits per heavy atom. The summed E-state index contributed by atoms with van der Waals surface area (Å²) < 4.78 is 12.9. The van der Waals surface area contributed by atoms with Gasteiger partial charge in [-0.2, -0.15) is 0 Å². The highest BCUT2D eigenvalue weighted by Crippen LogP contribution is 2.12. The SMILES string of the molecule is Cc1cccc(NC(=O)N2CCCN(C(=O)NCc3ccc(F)cc3)CC2)c1. The second kappa shape index (κ2) is 9.21. The molecule has 0 saturated carbocycles. The first-order valence-electron chi connectivity index (χ1n) is 9.41. The molecule has 148 valence electrons. The molecule has 0 bridgehead atoms. The number of nitrogens with one attached hydrogen (secondary N) is 2. The van der Waals surface area contributed by atoms with E-state index in [0.29, 0.717) is 39.1 Å². The van der Waals surface area contributed by atoms with Gasteiger partial charge in [0.2, 0.25) is 0 Å². The maximum absolute atomic E-state index is 12.9. The number of hydrogen-bond acceptors (Lipinski definition) is 2. The molecular weight excluding hydrogens is 359 g/mol. The molecule has 2 aromatic rings. The number of anilines is 1. The molecule has 2 N–H and O–H groups in total. The summed E-state index contributed by atoms with van der Waals surface area (Å²) in [5.41, 5.74) is 2.68. The highest BCUT2D eigenvalue weighted by atomic mass is 19.1. The molecule has 1 aliphatic heterocycles. The van der Waals surface area contributed by atoms with Crippen LogP contribution in [0.4, 0.5) is 19.7 Å². The monoisotopic (exact) mass is 384 g/mol. The summed E-state index contributed by atoms with van der Waals surface area (Å²) in [6.07, 6.45) is 0.713. The van der Waals surface area contributed by atoms with E-state index in [1.165, 1.54) is 12.1 Å². The third-order valence-electron chi connectivity index (χ3n) is 4.70. The van der Waals surface area contributed by atoms with E-state index >= 15 is 0 Å². The minimum atomic E-state index is -0.299. The molecule has 28 heavy (non-hydrogen) atoms. The van der Waals surface area contributed by atoms with E-state index < -0.39 is 0 Å². The molecule has 7 heteroatoms. The van der Waals surface area contributed by atoms with Gasteiger partial charge in [0.25, 0.3) is 0 Å². The minimum absolute atomic E-state index is 0.154. The van der Waals surface area contributed by atoms with Crippen molar-refractivity contribution in [3.05, 3.63) is 65.5 Å². The molecule has 0 atom stereocenters. The highest BCUT2D eigenvalue weighted by Gasteiger charge is 2.22. The van der Waals surface area contributed by atoms with Crippen LogP contribution in [0.1, 0.15) is 17.5 Å². The highest BCUT2D eigenvalue weighted by molar-refractivity contribution is 5.89. The van der Waals surface area contributed by atoms with Crippen LogP contribution in [0.25, 0.3) is 0 Å². The Bertz CT molecular complexity index is 825. The van der Waals surface area contributed by atoms with Crippen molar-refractivity contribution in [2.45, 2.75) is 19.9 Å². The van der Waals surface area contributed by atoms with Crippen LogP contribution in [-0.4, -0.2) is 48.0 Å². The molecule has 0 spiro atoms. The van der Waals surface area contributed by atoms with Crippen LogP contribution in [0.5, 0.6) is 0 Å². The third-order valence-corrected chi connectivity index (χ3v) is 4.70. The maximum Gasteiger partial charge on any atom is 0.321 e. The van der Waals surface area contributed by atoms with Crippen molar-refractivity contribution < 1.29 is 14.0 Å². The zero-order chi connectivity index (χ0) is 19.9. The first-order valence-corrected chi connectivity index (χ1v) is 9.41. The number of amides is 4. The number of hydrogen-bond donors (Lipinski definition) is 2. The van der Waals surface area contributed by atoms with E-state index in [1.807, 2.05) is 31.2 Å². The van der Waals surface area contributed by atoms with E-state index in [9.17, 15) is 14.0 Å². The summed E-state index contributed by atoms with van der Waals surface area (Å²) in [7, 11) is 0. The van der Waals surface area contributed by atoms with Crippen molar-refractivity contribution in [3.8, 4) is 0 Å². The molecule has 6 nitrogen and oxygen atoms in total. The summed E-state index contributed by atoms with van der Waals surface area (Å²) in [4.78, 5) is 28.4. The van der Waals surface area contributed by atoms with Gasteiger partial charge in [0.1, 0.15) is 5.82 Å². The zero-order valence-electron chi connectivity index (χ0n) is 16.0. The largest absolute Gasteiger partial charge is 0.334 e. The average Bonchev–Trinajstić information content (AvgIpc) is 2.94. The van der Waals surface area contributed by atoms with Crippen molar-refractivity contribution >= 4 is 17.7 Å². The Hall–Kier alpha value is -3.09. The summed E-state index contributed by atoms with van der Waals surface area (Å²) >= 11 is 0. The fourth-order valence-electron chi connectivity index (χ4n) is 3.14. The van der Waals surface area contributed by atoms with Gasteiger partial charge in [-0.05, 0) is 48.7 Å². The van der Waals surface area contributed by atoms with Gasteiger partial charge in [0.05, 0.1) is 0 Å². The number of aryl methyl sites for hydroxylation is 1. The van der Waals surface area contributed by atoms with Crippen molar-refractivity contribution in [1.82, 2.24) is 15.1 Å². The lowest BCUT2D eigenvalue weighted by atomic mass is 10.2. The van der Waals surface area contributed by atoms with E-state index in [-0.39, 0.29) is 17.9 Å². The van der Waals surface area contributed by atoms with Gasteiger partial charge in [-0.1, -0.05) is 24.3 Å². The molecule has 0 radical (unpaired) electrons. The Kier molecular flexibility index (Phi) is 6.47. The van der Waals surface area contributed by atoms with Crippen LogP contribution < -0.4 is 10.6 Å². The predicted molar refractivity (Wildman–Crippen MR) is 107 cm³/mol. The van der Waals surface area contributed by atoms with Gasteiger partial charge >= 0.3 is 12.1 Å². The van der Waals surface area contributed by atoms with Crippen molar-refractivity contribution in [2.24, 2.45) is 0 Å². The molecule has 0 aromatic heterocycles. The fraction of sp³-hybridized carbons (Fsp3) is 0.333. The van der Waals surface area contributed by atoms with Gasteiger partial charge < -0.3 is 20.4 Å². The molecule has 1 fully saturated rings. The first kappa shape index (κ1) is 19.7. The number of rotatable bonds is 3. The third kappa shape index (κ3) is 5.45. The van der Waals surface area contributed by atoms with Crippen LogP contribution in [0.2, 0.25) is 0 Å². The normalized spacial score (nSPS) is 14.4. The molecule has 0 aliphatic carbocycles. The molecular formula is C21H25FN4O2. The smallest absolute Gasteiger partial charge is 0.321 e. The van der Waals surface area contributed by atoms with Gasteiger partial charge in [-0.15, -0.1) is 0 Å². The molecule has 1 aliphatic rings. The number of nitrogens with zero attached hydrogens (tertiary/aromatic N) is 2. The molecule has 2 aromatic carbocycles. The van der Waals surface area contributed by atoms with E-state index in [4.69, 9.17) is 0 Å². The topological polar surface area (TPSA) is 64.7 Å². The Labute approximate surface area is 164 Å². The van der Waals surface area contributed by atoms with Crippen LogP contribution in [-0.2, 0) is 6.54 Å². The molecule has 0 unspecified atom stereocenters. The number of benzene rings is 2. The van der Waals surface area contributed by atoms with E-state index in [1.54, 1.807) is 21.9 Å². The quantitative estimate of drug-likeness (QED) is 0.850. The lowest BCUT2D eigenvalue weighted by molar-refractivity contribution is 0.195. The van der Waals surface area contributed by atoms with Gasteiger partial charge in [0.15, 0.2) is 0 Å². The Balaban J connectivity index is 1.48. The second-order valence-electron chi connectivity index (χ2n) is 6.91. The summed E-state index contributed by atoms with van der Waals surface area (Å²) in [5, 5.41) is 5.76. The Morgan fingerprint density at radius 1 is 0.964 bits per heavy atom. The van der Waals surface area contributed by atoms with Crippen LogP contribution >= 0.6 is 0 Å². The van der Waals surface area contributed by atoms with E-state index in [2.05, 4.69) is 10.6 Å². The molecule has 1 heterocycles. The molecule has 3 rings (SSSR count). The van der Waals surface area contributed by atoms with Crippen LogP contribution in [0.3, 0.4) is 0 Å². The summed E-state index contributed by atoms with van der Waals surface area (Å²) in [6, 6.07) is 13.4. The van der Waals surface area contributed by atoms with Gasteiger partial charge in [-0.3, -0.25) is 0 Å². The lowest BCUT2D eigenvalue weighted by Crippen LogP contribution is -2.43. The maximum atomic E-state index is 12.9. The number of carbonyl (C=O) groups excluding carboxylic acids is 2. The van der Waals surface area contributed by atoms with Crippen molar-refractivity contribution in [3.63, 3.8) is 0 Å². The predicted octanol–water partition coefficient (Wildman–Crippen LogP) is 3.58. The van der Waals surface area contributed by atoms with Gasteiger partial charge in [0, 0.05) is 38.4 Å². The number of urea groups is 2. The molecule has 4 amide bonds.